The van der Waals surface area contributed by atoms with Gasteiger partial charge in [0.1, 0.15) is 5.54 Å². The second kappa shape index (κ2) is 7.44. The Bertz CT molecular complexity index is 612. The Morgan fingerprint density at radius 1 is 1.08 bits per heavy atom. The molecule has 3 amide bonds. The van der Waals surface area contributed by atoms with Crippen LogP contribution in [0.4, 0.5) is 0 Å². The van der Waals surface area contributed by atoms with Crippen LogP contribution >= 0.6 is 0 Å². The van der Waals surface area contributed by atoms with E-state index in [4.69, 9.17) is 5.73 Å². The van der Waals surface area contributed by atoms with Crippen LogP contribution in [0.5, 0.6) is 0 Å². The standard InChI is InChI=1S/C17H24N4O3/c1-13(22)20-8-10-21(11-9-20)15(23)12-19-17(2,16(18)24)14-6-4-3-5-7-14/h3-7,19H,8-12H2,1-2H3,(H2,18,24). The largest absolute Gasteiger partial charge is 0.368 e. The van der Waals surface area contributed by atoms with E-state index in [-0.39, 0.29) is 18.4 Å². The third-order valence-corrected chi connectivity index (χ3v) is 4.51. The first-order valence-corrected chi connectivity index (χ1v) is 7.98. The molecule has 0 saturated carbocycles. The zero-order valence-electron chi connectivity index (χ0n) is 14.1. The summed E-state index contributed by atoms with van der Waals surface area (Å²) in [6, 6.07) is 9.09. The number of carbonyl (C=O) groups is 3. The molecule has 1 aromatic carbocycles. The second-order valence-electron chi connectivity index (χ2n) is 6.10. The summed E-state index contributed by atoms with van der Waals surface area (Å²) in [7, 11) is 0. The van der Waals surface area contributed by atoms with Gasteiger partial charge in [0.2, 0.25) is 17.7 Å². The van der Waals surface area contributed by atoms with Crippen LogP contribution in [0.2, 0.25) is 0 Å². The third kappa shape index (κ3) is 3.91. The second-order valence-corrected chi connectivity index (χ2v) is 6.10. The molecule has 7 nitrogen and oxygen atoms in total. The minimum atomic E-state index is -1.11. The maximum Gasteiger partial charge on any atom is 0.242 e. The Morgan fingerprint density at radius 2 is 1.62 bits per heavy atom. The van der Waals surface area contributed by atoms with Gasteiger partial charge in [-0.05, 0) is 12.5 Å². The zero-order valence-corrected chi connectivity index (χ0v) is 14.1. The lowest BCUT2D eigenvalue weighted by Crippen LogP contribution is -2.56. The molecule has 0 bridgehead atoms. The highest BCUT2D eigenvalue weighted by Gasteiger charge is 2.34. The molecule has 0 aliphatic carbocycles. The van der Waals surface area contributed by atoms with Gasteiger partial charge < -0.3 is 15.5 Å². The zero-order chi connectivity index (χ0) is 17.7. The van der Waals surface area contributed by atoms with Crippen LogP contribution in [0.25, 0.3) is 0 Å². The van der Waals surface area contributed by atoms with Crippen molar-refractivity contribution in [3.05, 3.63) is 35.9 Å². The van der Waals surface area contributed by atoms with Crippen molar-refractivity contribution >= 4 is 17.7 Å². The number of piperazine rings is 1. The topological polar surface area (TPSA) is 95.7 Å². The van der Waals surface area contributed by atoms with E-state index in [0.29, 0.717) is 31.7 Å². The molecule has 1 aromatic rings. The number of rotatable bonds is 5. The van der Waals surface area contributed by atoms with Crippen molar-refractivity contribution < 1.29 is 14.4 Å². The molecule has 130 valence electrons. The van der Waals surface area contributed by atoms with Gasteiger partial charge in [0.15, 0.2) is 0 Å². The normalized spacial score (nSPS) is 17.2. The van der Waals surface area contributed by atoms with Crippen LogP contribution in [0.1, 0.15) is 19.4 Å². The van der Waals surface area contributed by atoms with Gasteiger partial charge in [-0.1, -0.05) is 30.3 Å². The molecule has 24 heavy (non-hydrogen) atoms. The molecule has 0 radical (unpaired) electrons. The van der Waals surface area contributed by atoms with Crippen molar-refractivity contribution in [2.24, 2.45) is 5.73 Å². The summed E-state index contributed by atoms with van der Waals surface area (Å²) in [4.78, 5) is 39.0. The van der Waals surface area contributed by atoms with Crippen LogP contribution in [0, 0.1) is 0 Å². The minimum absolute atomic E-state index is 0.00834. The molecule has 1 unspecified atom stereocenters. The van der Waals surface area contributed by atoms with Gasteiger partial charge in [-0.3, -0.25) is 19.7 Å². The Hall–Kier alpha value is -2.41. The maximum atomic E-state index is 12.4. The van der Waals surface area contributed by atoms with Gasteiger partial charge in [-0.2, -0.15) is 0 Å². The lowest BCUT2D eigenvalue weighted by molar-refractivity contribution is -0.138. The first kappa shape index (κ1) is 17.9. The number of nitrogens with two attached hydrogens (primary N) is 1. The van der Waals surface area contributed by atoms with Gasteiger partial charge in [0.05, 0.1) is 6.54 Å². The van der Waals surface area contributed by atoms with E-state index in [2.05, 4.69) is 5.32 Å². The molecule has 7 heteroatoms. The summed E-state index contributed by atoms with van der Waals surface area (Å²) >= 11 is 0. The summed E-state index contributed by atoms with van der Waals surface area (Å²) in [5.41, 5.74) is 5.15. The van der Waals surface area contributed by atoms with Gasteiger partial charge in [-0.15, -0.1) is 0 Å². The Balaban J connectivity index is 1.97. The van der Waals surface area contributed by atoms with E-state index < -0.39 is 11.4 Å². The first-order chi connectivity index (χ1) is 11.3. The van der Waals surface area contributed by atoms with Crippen molar-refractivity contribution in [1.82, 2.24) is 15.1 Å². The van der Waals surface area contributed by atoms with Crippen molar-refractivity contribution in [2.75, 3.05) is 32.7 Å². The molecule has 0 aromatic heterocycles. The number of primary amides is 1. The van der Waals surface area contributed by atoms with E-state index in [9.17, 15) is 14.4 Å². The van der Waals surface area contributed by atoms with Gasteiger partial charge in [-0.25, -0.2) is 0 Å². The molecule has 1 aliphatic rings. The molecular formula is C17H24N4O3. The highest BCUT2D eigenvalue weighted by atomic mass is 16.2. The molecular weight excluding hydrogens is 308 g/mol. The van der Waals surface area contributed by atoms with E-state index >= 15 is 0 Å². The summed E-state index contributed by atoms with van der Waals surface area (Å²) in [5.74, 6) is -0.630. The number of carbonyl (C=O) groups excluding carboxylic acids is 3. The Morgan fingerprint density at radius 3 is 2.12 bits per heavy atom. The van der Waals surface area contributed by atoms with Gasteiger partial charge >= 0.3 is 0 Å². The lowest BCUT2D eigenvalue weighted by atomic mass is 9.91. The van der Waals surface area contributed by atoms with Crippen LogP contribution < -0.4 is 11.1 Å². The first-order valence-electron chi connectivity index (χ1n) is 7.98. The van der Waals surface area contributed by atoms with Crippen LogP contribution in [0.3, 0.4) is 0 Å². The average Bonchev–Trinajstić information content (AvgIpc) is 2.60. The quantitative estimate of drug-likeness (QED) is 0.771. The fourth-order valence-electron chi connectivity index (χ4n) is 2.74. The van der Waals surface area contributed by atoms with Crippen LogP contribution in [0.15, 0.2) is 30.3 Å². The highest BCUT2D eigenvalue weighted by Crippen LogP contribution is 2.20. The fourth-order valence-corrected chi connectivity index (χ4v) is 2.74. The molecule has 1 fully saturated rings. The molecule has 3 N–H and O–H groups in total. The summed E-state index contributed by atoms with van der Waals surface area (Å²) in [6.45, 7) is 5.27. The van der Waals surface area contributed by atoms with Crippen LogP contribution in [-0.2, 0) is 19.9 Å². The minimum Gasteiger partial charge on any atom is -0.368 e. The number of amides is 3. The average molecular weight is 332 g/mol. The molecule has 1 atom stereocenters. The lowest BCUT2D eigenvalue weighted by Gasteiger charge is -2.35. The number of hydrogen-bond acceptors (Lipinski definition) is 4. The molecule has 2 rings (SSSR count). The van der Waals surface area contributed by atoms with Crippen LogP contribution in [-0.4, -0.2) is 60.2 Å². The molecule has 1 heterocycles. The van der Waals surface area contributed by atoms with E-state index in [0.717, 1.165) is 0 Å². The Kier molecular flexibility index (Phi) is 5.56. The molecule has 1 aliphatic heterocycles. The third-order valence-electron chi connectivity index (χ3n) is 4.51. The summed E-state index contributed by atoms with van der Waals surface area (Å²) < 4.78 is 0. The van der Waals surface area contributed by atoms with Crippen molar-refractivity contribution in [3.8, 4) is 0 Å². The van der Waals surface area contributed by atoms with Gasteiger partial charge in [0.25, 0.3) is 0 Å². The Labute approximate surface area is 141 Å². The summed E-state index contributed by atoms with van der Waals surface area (Å²) in [5, 5.41) is 3.00. The monoisotopic (exact) mass is 332 g/mol. The van der Waals surface area contributed by atoms with E-state index in [1.807, 2.05) is 18.2 Å². The SMILES string of the molecule is CC(=O)N1CCN(C(=O)CNC(C)(C(N)=O)c2ccccc2)CC1. The molecule has 0 spiro atoms. The van der Waals surface area contributed by atoms with E-state index in [1.54, 1.807) is 28.9 Å². The predicted molar refractivity (Wildman–Crippen MR) is 89.8 cm³/mol. The van der Waals surface area contributed by atoms with Crippen molar-refractivity contribution in [1.29, 1.82) is 0 Å². The maximum absolute atomic E-state index is 12.4. The molecule has 1 saturated heterocycles. The number of nitrogens with zero attached hydrogens (tertiary/aromatic N) is 2. The van der Waals surface area contributed by atoms with E-state index in [1.165, 1.54) is 6.92 Å². The highest BCUT2D eigenvalue weighted by molar-refractivity contribution is 5.87. The number of benzene rings is 1. The van der Waals surface area contributed by atoms with Gasteiger partial charge in [0, 0.05) is 33.1 Å². The fraction of sp³-hybridized carbons (Fsp3) is 0.471. The summed E-state index contributed by atoms with van der Waals surface area (Å²) in [6.07, 6.45) is 0. The number of hydrogen-bond donors (Lipinski definition) is 2. The van der Waals surface area contributed by atoms with Crippen molar-refractivity contribution in [2.45, 2.75) is 19.4 Å². The smallest absolute Gasteiger partial charge is 0.242 e. The van der Waals surface area contributed by atoms with Crippen molar-refractivity contribution in [3.63, 3.8) is 0 Å². The predicted octanol–water partition coefficient (Wildman–Crippen LogP) is -0.333. The number of nitrogens with one attached hydrogen (secondary N) is 1.